The molecule has 0 heterocycles. The van der Waals surface area contributed by atoms with Gasteiger partial charge in [0, 0.05) is 17.7 Å². The van der Waals surface area contributed by atoms with E-state index < -0.39 is 17.2 Å². The molecule has 22 heavy (non-hydrogen) atoms. The van der Waals surface area contributed by atoms with Gasteiger partial charge in [-0.3, -0.25) is 0 Å². The second-order valence-electron chi connectivity index (χ2n) is 6.24. The summed E-state index contributed by atoms with van der Waals surface area (Å²) in [5.41, 5.74) is -1.67. The topological polar surface area (TPSA) is 61.4 Å². The number of carbonyl (C=O) groups is 1. The minimum absolute atomic E-state index is 0.0524. The van der Waals surface area contributed by atoms with Crippen molar-refractivity contribution in [2.24, 2.45) is 5.92 Å². The Hall–Kier alpha value is -1.69. The lowest BCUT2D eigenvalue weighted by atomic mass is 9.95. The molecular formula is C16H22F2N2O2. The molecular weight excluding hydrogens is 290 g/mol. The lowest BCUT2D eigenvalue weighted by molar-refractivity contribution is 0.0553. The van der Waals surface area contributed by atoms with Gasteiger partial charge in [-0.2, -0.15) is 0 Å². The van der Waals surface area contributed by atoms with E-state index in [2.05, 4.69) is 17.6 Å². The molecule has 6 heteroatoms. The van der Waals surface area contributed by atoms with E-state index >= 15 is 0 Å². The van der Waals surface area contributed by atoms with Gasteiger partial charge in [0.15, 0.2) is 0 Å². The number of urea groups is 1. The van der Waals surface area contributed by atoms with Gasteiger partial charge in [-0.15, -0.1) is 0 Å². The van der Waals surface area contributed by atoms with Gasteiger partial charge in [-0.05, 0) is 31.7 Å². The van der Waals surface area contributed by atoms with Crippen molar-refractivity contribution in [3.05, 3.63) is 35.4 Å². The van der Waals surface area contributed by atoms with Crippen LogP contribution in [0.4, 0.5) is 13.6 Å². The summed E-state index contributed by atoms with van der Waals surface area (Å²) >= 11 is 0. The summed E-state index contributed by atoms with van der Waals surface area (Å²) in [6, 6.07) is 2.72. The lowest BCUT2D eigenvalue weighted by Crippen LogP contribution is -2.47. The van der Waals surface area contributed by atoms with Gasteiger partial charge >= 0.3 is 6.03 Å². The van der Waals surface area contributed by atoms with E-state index in [0.717, 1.165) is 25.3 Å². The van der Waals surface area contributed by atoms with Crippen molar-refractivity contribution >= 4 is 6.03 Å². The average Bonchev–Trinajstić information content (AvgIpc) is 2.82. The average molecular weight is 312 g/mol. The molecule has 122 valence electrons. The first kappa shape index (κ1) is 16.7. The van der Waals surface area contributed by atoms with Crippen molar-refractivity contribution in [1.82, 2.24) is 10.6 Å². The zero-order valence-corrected chi connectivity index (χ0v) is 12.8. The Morgan fingerprint density at radius 2 is 2.14 bits per heavy atom. The second-order valence-corrected chi connectivity index (χ2v) is 6.24. The van der Waals surface area contributed by atoms with Crippen LogP contribution in [0, 0.1) is 17.6 Å². The first-order valence-electron chi connectivity index (χ1n) is 7.52. The van der Waals surface area contributed by atoms with Crippen molar-refractivity contribution in [3.63, 3.8) is 0 Å². The van der Waals surface area contributed by atoms with E-state index in [1.165, 1.54) is 13.0 Å². The van der Waals surface area contributed by atoms with E-state index in [1.54, 1.807) is 0 Å². The van der Waals surface area contributed by atoms with Crippen LogP contribution in [0.2, 0.25) is 0 Å². The number of nitrogens with one attached hydrogen (secondary N) is 2. The summed E-state index contributed by atoms with van der Waals surface area (Å²) in [4.78, 5) is 11.9. The molecule has 1 aliphatic rings. The van der Waals surface area contributed by atoms with Crippen LogP contribution in [0.25, 0.3) is 0 Å². The number of rotatable bonds is 4. The normalized spacial score (nSPS) is 23.9. The molecule has 0 bridgehead atoms. The third-order valence-corrected chi connectivity index (χ3v) is 4.28. The summed E-state index contributed by atoms with van der Waals surface area (Å²) in [6.45, 7) is 3.30. The Kier molecular flexibility index (Phi) is 5.01. The quantitative estimate of drug-likeness (QED) is 0.800. The van der Waals surface area contributed by atoms with Crippen molar-refractivity contribution in [2.75, 3.05) is 6.54 Å². The minimum Gasteiger partial charge on any atom is -0.383 e. The van der Waals surface area contributed by atoms with E-state index in [1.807, 2.05) is 0 Å². The summed E-state index contributed by atoms with van der Waals surface area (Å²) < 4.78 is 26.6. The molecule has 0 spiro atoms. The van der Waals surface area contributed by atoms with E-state index in [0.29, 0.717) is 12.0 Å². The summed E-state index contributed by atoms with van der Waals surface area (Å²) in [5, 5.41) is 15.7. The van der Waals surface area contributed by atoms with Crippen molar-refractivity contribution in [3.8, 4) is 0 Å². The molecule has 1 aromatic carbocycles. The predicted octanol–water partition coefficient (Wildman–Crippen LogP) is 2.66. The highest BCUT2D eigenvalue weighted by Gasteiger charge is 2.29. The van der Waals surface area contributed by atoms with Crippen LogP contribution >= 0.6 is 0 Å². The second kappa shape index (κ2) is 6.60. The highest BCUT2D eigenvalue weighted by molar-refractivity contribution is 5.74. The summed E-state index contributed by atoms with van der Waals surface area (Å²) in [5.74, 6) is -1.12. The van der Waals surface area contributed by atoms with E-state index in [-0.39, 0.29) is 24.2 Å². The van der Waals surface area contributed by atoms with E-state index in [4.69, 9.17) is 0 Å². The Labute approximate surface area is 128 Å². The molecule has 0 radical (unpaired) electrons. The maximum atomic E-state index is 13.7. The molecule has 1 aliphatic carbocycles. The number of aliphatic hydroxyl groups is 1. The molecule has 2 amide bonds. The van der Waals surface area contributed by atoms with Crippen LogP contribution in [-0.4, -0.2) is 23.7 Å². The summed E-state index contributed by atoms with van der Waals surface area (Å²) in [6.07, 6.45) is 3.12. The molecule has 1 aromatic rings. The molecule has 1 saturated carbocycles. The van der Waals surface area contributed by atoms with Crippen LogP contribution in [0.3, 0.4) is 0 Å². The zero-order chi connectivity index (χ0) is 16.3. The highest BCUT2D eigenvalue weighted by atomic mass is 19.1. The number of hydrogen-bond acceptors (Lipinski definition) is 2. The van der Waals surface area contributed by atoms with Gasteiger partial charge in [0.1, 0.15) is 17.2 Å². The van der Waals surface area contributed by atoms with Gasteiger partial charge in [0.2, 0.25) is 0 Å². The number of hydrogen-bond donors (Lipinski definition) is 3. The van der Waals surface area contributed by atoms with Crippen molar-refractivity contribution in [2.45, 2.75) is 44.8 Å². The number of carbonyl (C=O) groups excluding carboxylic acids is 1. The van der Waals surface area contributed by atoms with Gasteiger partial charge in [-0.25, -0.2) is 13.6 Å². The summed E-state index contributed by atoms with van der Waals surface area (Å²) in [7, 11) is 0. The zero-order valence-electron chi connectivity index (χ0n) is 12.8. The maximum Gasteiger partial charge on any atom is 0.315 e. The standard InChI is InChI=1S/C16H22F2N2O2/c1-10-4-3-5-14(10)20-15(21)19-9-16(2,22)12-7-6-11(17)8-13(12)18/h6-8,10,14,22H,3-5,9H2,1-2H3,(H2,19,20,21). The Morgan fingerprint density at radius 1 is 1.41 bits per heavy atom. The smallest absolute Gasteiger partial charge is 0.315 e. The van der Waals surface area contributed by atoms with Crippen molar-refractivity contribution in [1.29, 1.82) is 0 Å². The monoisotopic (exact) mass is 312 g/mol. The lowest BCUT2D eigenvalue weighted by Gasteiger charge is -2.26. The fraction of sp³-hybridized carbons (Fsp3) is 0.562. The molecule has 1 fully saturated rings. The molecule has 3 unspecified atom stereocenters. The van der Waals surface area contributed by atoms with E-state index in [9.17, 15) is 18.7 Å². The molecule has 2 rings (SSSR count). The van der Waals surface area contributed by atoms with Crippen molar-refractivity contribution < 1.29 is 18.7 Å². The highest BCUT2D eigenvalue weighted by Crippen LogP contribution is 2.25. The van der Waals surface area contributed by atoms with Gasteiger partial charge < -0.3 is 15.7 Å². The van der Waals surface area contributed by atoms with Crippen LogP contribution in [0.1, 0.15) is 38.7 Å². The molecule has 0 aliphatic heterocycles. The van der Waals surface area contributed by atoms with Crippen LogP contribution in [-0.2, 0) is 5.60 Å². The van der Waals surface area contributed by atoms with Gasteiger partial charge in [-0.1, -0.05) is 19.4 Å². The Morgan fingerprint density at radius 3 is 2.73 bits per heavy atom. The number of amides is 2. The third kappa shape index (κ3) is 3.94. The SMILES string of the molecule is CC1CCCC1NC(=O)NCC(C)(O)c1ccc(F)cc1F. The molecule has 3 N–H and O–H groups in total. The Bertz CT molecular complexity index is 549. The fourth-order valence-corrected chi connectivity index (χ4v) is 2.85. The largest absolute Gasteiger partial charge is 0.383 e. The molecule has 4 nitrogen and oxygen atoms in total. The Balaban J connectivity index is 1.92. The first-order valence-corrected chi connectivity index (χ1v) is 7.52. The third-order valence-electron chi connectivity index (χ3n) is 4.28. The minimum atomic E-state index is -1.61. The number of halogens is 2. The molecule has 3 atom stereocenters. The van der Waals surface area contributed by atoms with Crippen LogP contribution in [0.5, 0.6) is 0 Å². The molecule has 0 saturated heterocycles. The van der Waals surface area contributed by atoms with Gasteiger partial charge in [0.25, 0.3) is 0 Å². The fourth-order valence-electron chi connectivity index (χ4n) is 2.85. The number of benzene rings is 1. The first-order chi connectivity index (χ1) is 10.3. The predicted molar refractivity (Wildman–Crippen MR) is 79.3 cm³/mol. The van der Waals surface area contributed by atoms with Crippen LogP contribution in [0.15, 0.2) is 18.2 Å². The van der Waals surface area contributed by atoms with Crippen LogP contribution < -0.4 is 10.6 Å². The van der Waals surface area contributed by atoms with Gasteiger partial charge in [0.05, 0.1) is 6.54 Å². The maximum absolute atomic E-state index is 13.7. The molecule has 0 aromatic heterocycles.